The Kier molecular flexibility index (Phi) is 4.67. The van der Waals surface area contributed by atoms with E-state index in [4.69, 9.17) is 4.74 Å². The van der Waals surface area contributed by atoms with Crippen molar-refractivity contribution in [3.05, 3.63) is 28.2 Å². The second-order valence-electron chi connectivity index (χ2n) is 2.92. The Morgan fingerprint density at radius 2 is 2.25 bits per heavy atom. The zero-order valence-electron chi connectivity index (χ0n) is 8.47. The lowest BCUT2D eigenvalue weighted by Gasteiger charge is -2.09. The highest BCUT2D eigenvalue weighted by Gasteiger charge is 2.14. The summed E-state index contributed by atoms with van der Waals surface area (Å²) < 4.78 is 29.2. The molecule has 6 heteroatoms. The normalized spacial score (nSPS) is 10.3. The van der Waals surface area contributed by atoms with Gasteiger partial charge in [-0.25, -0.2) is 8.78 Å². The fourth-order valence-electron chi connectivity index (χ4n) is 1.11. The maximum atomic E-state index is 11.9. The maximum absolute atomic E-state index is 11.9. The molecule has 0 fully saturated rings. The van der Waals surface area contributed by atoms with Gasteiger partial charge < -0.3 is 10.1 Å². The molecule has 0 bridgehead atoms. The van der Waals surface area contributed by atoms with E-state index in [0.717, 1.165) is 0 Å². The summed E-state index contributed by atoms with van der Waals surface area (Å²) >= 11 is 3.18. The van der Waals surface area contributed by atoms with E-state index in [1.807, 2.05) is 0 Å². The Morgan fingerprint density at radius 3 is 2.81 bits per heavy atom. The van der Waals surface area contributed by atoms with E-state index in [0.29, 0.717) is 10.2 Å². The second-order valence-corrected chi connectivity index (χ2v) is 3.72. The number of ether oxygens (including phenoxy) is 1. The van der Waals surface area contributed by atoms with E-state index in [9.17, 15) is 13.6 Å². The van der Waals surface area contributed by atoms with Crippen LogP contribution in [0, 0.1) is 0 Å². The Labute approximate surface area is 99.9 Å². The molecule has 0 unspecified atom stereocenters. The molecule has 0 aliphatic heterocycles. The summed E-state index contributed by atoms with van der Waals surface area (Å²) in [6.45, 7) is -0.664. The molecular formula is C10H10BrF2NO2. The highest BCUT2D eigenvalue weighted by Crippen LogP contribution is 2.28. The number of carbonyl (C=O) groups is 1. The molecule has 0 heterocycles. The average Bonchev–Trinajstić information content (AvgIpc) is 2.26. The van der Waals surface area contributed by atoms with Crippen molar-refractivity contribution in [2.24, 2.45) is 0 Å². The van der Waals surface area contributed by atoms with Crippen LogP contribution in [0.2, 0.25) is 0 Å². The Hall–Kier alpha value is -1.17. The average molecular weight is 294 g/mol. The van der Waals surface area contributed by atoms with Crippen LogP contribution in [0.25, 0.3) is 0 Å². The third-order valence-electron chi connectivity index (χ3n) is 1.84. The number of methoxy groups -OCH3 is 1. The van der Waals surface area contributed by atoms with Crippen molar-refractivity contribution >= 4 is 21.8 Å². The third kappa shape index (κ3) is 3.16. The van der Waals surface area contributed by atoms with E-state index >= 15 is 0 Å². The molecule has 0 aliphatic carbocycles. The van der Waals surface area contributed by atoms with Crippen LogP contribution in [0.3, 0.4) is 0 Å². The standard InChI is InChI=1S/C10H10BrF2NO2/c1-16-7-4-2-3-6(9(7)11)10(15)14-5-8(12)13/h2-4,8H,5H2,1H3,(H,14,15). The van der Waals surface area contributed by atoms with Crippen molar-refractivity contribution in [2.45, 2.75) is 6.43 Å². The molecule has 0 radical (unpaired) electrons. The molecule has 0 saturated carbocycles. The van der Waals surface area contributed by atoms with Crippen molar-refractivity contribution < 1.29 is 18.3 Å². The van der Waals surface area contributed by atoms with Crippen molar-refractivity contribution in [1.82, 2.24) is 5.32 Å². The summed E-state index contributed by atoms with van der Waals surface area (Å²) in [5.41, 5.74) is 0.264. The van der Waals surface area contributed by atoms with E-state index in [2.05, 4.69) is 21.2 Å². The van der Waals surface area contributed by atoms with Gasteiger partial charge in [0.1, 0.15) is 5.75 Å². The van der Waals surface area contributed by atoms with Gasteiger partial charge in [0, 0.05) is 0 Å². The Balaban J connectivity index is 2.83. The van der Waals surface area contributed by atoms with Crippen molar-refractivity contribution in [2.75, 3.05) is 13.7 Å². The Morgan fingerprint density at radius 1 is 1.56 bits per heavy atom. The number of carbonyl (C=O) groups excluding carboxylic acids is 1. The van der Waals surface area contributed by atoms with Crippen LogP contribution in [0.1, 0.15) is 10.4 Å². The fourth-order valence-corrected chi connectivity index (χ4v) is 1.72. The molecule has 1 N–H and O–H groups in total. The molecule has 3 nitrogen and oxygen atoms in total. The van der Waals surface area contributed by atoms with Crippen molar-refractivity contribution in [3.8, 4) is 5.75 Å². The number of benzene rings is 1. The molecule has 0 aliphatic rings. The van der Waals surface area contributed by atoms with Crippen LogP contribution < -0.4 is 10.1 Å². The number of rotatable bonds is 4. The van der Waals surface area contributed by atoms with Crippen LogP contribution in [-0.4, -0.2) is 26.0 Å². The van der Waals surface area contributed by atoms with Crippen LogP contribution in [-0.2, 0) is 0 Å². The van der Waals surface area contributed by atoms with Crippen LogP contribution in [0.15, 0.2) is 22.7 Å². The first kappa shape index (κ1) is 12.9. The first-order chi connectivity index (χ1) is 7.56. The first-order valence-corrected chi connectivity index (χ1v) is 5.24. The largest absolute Gasteiger partial charge is 0.496 e. The number of nitrogens with one attached hydrogen (secondary N) is 1. The van der Waals surface area contributed by atoms with Gasteiger partial charge in [-0.2, -0.15) is 0 Å². The highest BCUT2D eigenvalue weighted by molar-refractivity contribution is 9.10. The molecule has 0 aromatic heterocycles. The molecule has 16 heavy (non-hydrogen) atoms. The number of hydrogen-bond acceptors (Lipinski definition) is 2. The van der Waals surface area contributed by atoms with Gasteiger partial charge >= 0.3 is 0 Å². The number of hydrogen-bond donors (Lipinski definition) is 1. The fraction of sp³-hybridized carbons (Fsp3) is 0.300. The van der Waals surface area contributed by atoms with Gasteiger partial charge in [0.25, 0.3) is 12.3 Å². The summed E-state index contributed by atoms with van der Waals surface area (Å²) in [5.74, 6) is -0.0872. The maximum Gasteiger partial charge on any atom is 0.255 e. The lowest BCUT2D eigenvalue weighted by atomic mass is 10.2. The molecule has 1 aromatic rings. The number of alkyl halides is 2. The molecule has 0 spiro atoms. The summed E-state index contributed by atoms with van der Waals surface area (Å²) in [5, 5.41) is 2.12. The topological polar surface area (TPSA) is 38.3 Å². The highest BCUT2D eigenvalue weighted by atomic mass is 79.9. The van der Waals surface area contributed by atoms with E-state index in [-0.39, 0.29) is 5.56 Å². The van der Waals surface area contributed by atoms with Crippen LogP contribution >= 0.6 is 15.9 Å². The SMILES string of the molecule is COc1cccc(C(=O)NCC(F)F)c1Br. The predicted molar refractivity (Wildman–Crippen MR) is 59.0 cm³/mol. The second kappa shape index (κ2) is 5.79. The van der Waals surface area contributed by atoms with Crippen LogP contribution in [0.5, 0.6) is 5.75 Å². The number of halogens is 3. The predicted octanol–water partition coefficient (Wildman–Crippen LogP) is 2.45. The smallest absolute Gasteiger partial charge is 0.255 e. The monoisotopic (exact) mass is 293 g/mol. The molecule has 1 aromatic carbocycles. The van der Waals surface area contributed by atoms with Crippen LogP contribution in [0.4, 0.5) is 8.78 Å². The summed E-state index contributed by atoms with van der Waals surface area (Å²) in [6.07, 6.45) is -2.56. The molecule has 1 amide bonds. The van der Waals surface area contributed by atoms with Gasteiger partial charge in [-0.1, -0.05) is 6.07 Å². The quantitative estimate of drug-likeness (QED) is 0.926. The van der Waals surface area contributed by atoms with Crippen molar-refractivity contribution in [1.29, 1.82) is 0 Å². The van der Waals surface area contributed by atoms with E-state index in [1.165, 1.54) is 13.2 Å². The van der Waals surface area contributed by atoms with Gasteiger partial charge in [0.15, 0.2) is 0 Å². The lowest BCUT2D eigenvalue weighted by molar-refractivity contribution is 0.0890. The first-order valence-electron chi connectivity index (χ1n) is 4.45. The van der Waals surface area contributed by atoms with E-state index in [1.54, 1.807) is 12.1 Å². The minimum absolute atomic E-state index is 0.264. The molecule has 0 saturated heterocycles. The summed E-state index contributed by atoms with van der Waals surface area (Å²) in [7, 11) is 1.46. The molecule has 1 rings (SSSR count). The van der Waals surface area contributed by atoms with Gasteiger partial charge in [0.05, 0.1) is 23.7 Å². The van der Waals surface area contributed by atoms with E-state index < -0.39 is 18.9 Å². The minimum atomic E-state index is -2.56. The molecule has 88 valence electrons. The summed E-state index contributed by atoms with van der Waals surface area (Å²) in [4.78, 5) is 11.5. The van der Waals surface area contributed by atoms with Gasteiger partial charge in [-0.3, -0.25) is 4.79 Å². The zero-order valence-corrected chi connectivity index (χ0v) is 10.1. The Bertz CT molecular complexity index is 385. The van der Waals surface area contributed by atoms with Gasteiger partial charge in [-0.05, 0) is 28.1 Å². The molecule has 0 atom stereocenters. The van der Waals surface area contributed by atoms with Gasteiger partial charge in [0.2, 0.25) is 0 Å². The summed E-state index contributed by atoms with van der Waals surface area (Å²) in [6, 6.07) is 4.79. The van der Waals surface area contributed by atoms with Gasteiger partial charge in [-0.15, -0.1) is 0 Å². The minimum Gasteiger partial charge on any atom is -0.496 e. The zero-order chi connectivity index (χ0) is 12.1. The third-order valence-corrected chi connectivity index (χ3v) is 2.66. The molecular weight excluding hydrogens is 284 g/mol. The lowest BCUT2D eigenvalue weighted by Crippen LogP contribution is -2.28. The van der Waals surface area contributed by atoms with Crippen molar-refractivity contribution in [3.63, 3.8) is 0 Å². The number of amides is 1.